The average molecular weight is 436 g/mol. The molecule has 2 N–H and O–H groups in total. The minimum absolute atomic E-state index is 0.0653. The zero-order chi connectivity index (χ0) is 22.2. The maximum Gasteiger partial charge on any atom is 0.416 e. The van der Waals surface area contributed by atoms with Crippen molar-refractivity contribution in [1.82, 2.24) is 20.3 Å². The molecule has 0 aromatic carbocycles. The molecule has 1 fully saturated rings. The molecule has 11 heteroatoms. The molecule has 4 rings (SSSR count). The van der Waals surface area contributed by atoms with Crippen LogP contribution in [0, 0.1) is 0 Å². The Morgan fingerprint density at radius 2 is 2.10 bits per heavy atom. The summed E-state index contributed by atoms with van der Waals surface area (Å²) in [5.41, 5.74) is -0.0799. The van der Waals surface area contributed by atoms with Gasteiger partial charge in [-0.25, -0.2) is 19.7 Å². The van der Waals surface area contributed by atoms with Gasteiger partial charge < -0.3 is 15.0 Å². The number of rotatable bonds is 4. The van der Waals surface area contributed by atoms with E-state index >= 15 is 0 Å². The number of cyclic esters (lactones) is 1. The third-order valence-corrected chi connectivity index (χ3v) is 5.30. The number of nitrogens with one attached hydrogen (secondary N) is 2. The maximum absolute atomic E-state index is 13.7. The molecular formula is C20H23F3N6O2. The van der Waals surface area contributed by atoms with Gasteiger partial charge in [-0.05, 0) is 25.5 Å². The Labute approximate surface area is 177 Å². The fourth-order valence-electron chi connectivity index (χ4n) is 3.89. The van der Waals surface area contributed by atoms with Crippen molar-refractivity contribution in [1.29, 1.82) is 0 Å². The Kier molecular flexibility index (Phi) is 5.69. The molecule has 4 heterocycles. The third kappa shape index (κ3) is 4.41. The number of amides is 1. The van der Waals surface area contributed by atoms with E-state index in [0.29, 0.717) is 38.0 Å². The summed E-state index contributed by atoms with van der Waals surface area (Å²) in [6, 6.07) is 2.17. The number of nitrogens with zero attached hydrogens (tertiary/aromatic N) is 4. The van der Waals surface area contributed by atoms with Crippen LogP contribution in [0.5, 0.6) is 0 Å². The van der Waals surface area contributed by atoms with Crippen molar-refractivity contribution in [2.45, 2.75) is 45.0 Å². The summed E-state index contributed by atoms with van der Waals surface area (Å²) in [6.45, 7) is 5.61. The third-order valence-electron chi connectivity index (χ3n) is 5.30. The minimum atomic E-state index is -4.55. The molecule has 166 valence electrons. The number of pyridine rings is 1. The molecular weight excluding hydrogens is 413 g/mol. The Morgan fingerprint density at radius 3 is 2.81 bits per heavy atom. The minimum Gasteiger partial charge on any atom is -0.441 e. The highest BCUT2D eigenvalue weighted by Gasteiger charge is 2.35. The number of anilines is 2. The number of hydrogen-bond donors (Lipinski definition) is 2. The number of halogens is 3. The lowest BCUT2D eigenvalue weighted by Gasteiger charge is -2.33. The lowest BCUT2D eigenvalue weighted by Crippen LogP contribution is -2.49. The predicted molar refractivity (Wildman–Crippen MR) is 108 cm³/mol. The van der Waals surface area contributed by atoms with E-state index in [0.717, 1.165) is 12.1 Å². The van der Waals surface area contributed by atoms with Crippen LogP contribution >= 0.6 is 0 Å². The molecule has 2 atom stereocenters. The van der Waals surface area contributed by atoms with Crippen LogP contribution in [0.15, 0.2) is 18.5 Å². The molecule has 0 saturated carbocycles. The first-order valence-corrected chi connectivity index (χ1v) is 10.2. The quantitative estimate of drug-likeness (QED) is 0.754. The van der Waals surface area contributed by atoms with E-state index in [1.165, 1.54) is 6.33 Å². The van der Waals surface area contributed by atoms with Crippen molar-refractivity contribution < 1.29 is 22.7 Å². The highest BCUT2D eigenvalue weighted by Crippen LogP contribution is 2.40. The fraction of sp³-hybridized carbons (Fsp3) is 0.500. The van der Waals surface area contributed by atoms with Crippen LogP contribution < -0.4 is 15.5 Å². The van der Waals surface area contributed by atoms with E-state index in [1.807, 2.05) is 18.7 Å². The Balaban J connectivity index is 1.85. The zero-order valence-electron chi connectivity index (χ0n) is 17.2. The molecule has 2 aliphatic heterocycles. The van der Waals surface area contributed by atoms with E-state index in [9.17, 15) is 18.0 Å². The van der Waals surface area contributed by atoms with E-state index < -0.39 is 23.9 Å². The maximum atomic E-state index is 13.7. The monoisotopic (exact) mass is 436 g/mol. The second kappa shape index (κ2) is 8.29. The lowest BCUT2D eigenvalue weighted by molar-refractivity contribution is -0.137. The van der Waals surface area contributed by atoms with E-state index in [-0.39, 0.29) is 29.1 Å². The van der Waals surface area contributed by atoms with E-state index in [4.69, 9.17) is 4.74 Å². The van der Waals surface area contributed by atoms with Gasteiger partial charge >= 0.3 is 12.3 Å². The Bertz CT molecular complexity index is 984. The summed E-state index contributed by atoms with van der Waals surface area (Å²) in [6.07, 6.45) is -3.47. The van der Waals surface area contributed by atoms with Crippen LogP contribution in [-0.4, -0.2) is 46.7 Å². The molecule has 2 aromatic rings. The Hall–Kier alpha value is -2.95. The van der Waals surface area contributed by atoms with Crippen LogP contribution in [0.1, 0.15) is 43.9 Å². The highest BCUT2D eigenvalue weighted by molar-refractivity contribution is 5.88. The molecule has 0 aliphatic carbocycles. The first-order chi connectivity index (χ1) is 14.8. The van der Waals surface area contributed by atoms with Gasteiger partial charge in [-0.3, -0.25) is 5.32 Å². The molecule has 2 aromatic heterocycles. The number of ether oxygens (including phenoxy) is 1. The average Bonchev–Trinajstić information content (AvgIpc) is 2.72. The summed E-state index contributed by atoms with van der Waals surface area (Å²) >= 11 is 0. The number of fused-ring (bicyclic) bond motifs is 1. The second-order valence-corrected chi connectivity index (χ2v) is 7.69. The van der Waals surface area contributed by atoms with Crippen molar-refractivity contribution >= 4 is 17.7 Å². The number of alkyl halides is 3. The Morgan fingerprint density at radius 1 is 1.29 bits per heavy atom. The van der Waals surface area contributed by atoms with Crippen LogP contribution in [0.25, 0.3) is 11.4 Å². The zero-order valence-corrected chi connectivity index (χ0v) is 17.2. The first kappa shape index (κ1) is 21.3. The van der Waals surface area contributed by atoms with Crippen LogP contribution in [-0.2, 0) is 10.9 Å². The second-order valence-electron chi connectivity index (χ2n) is 7.69. The van der Waals surface area contributed by atoms with Crippen molar-refractivity contribution in [3.05, 3.63) is 29.6 Å². The SMILES string of the molecule is CCC[C@H]1OC(=O)Nc2ncnc(-c3cc(C(F)(F)F)cc(N4CCN[C@@H](C)C4)n3)c21. The van der Waals surface area contributed by atoms with Crippen molar-refractivity contribution in [3.8, 4) is 11.4 Å². The van der Waals surface area contributed by atoms with Gasteiger partial charge in [-0.15, -0.1) is 0 Å². The summed E-state index contributed by atoms with van der Waals surface area (Å²) in [7, 11) is 0. The number of hydrogen-bond acceptors (Lipinski definition) is 7. The largest absolute Gasteiger partial charge is 0.441 e. The molecule has 8 nitrogen and oxygen atoms in total. The topological polar surface area (TPSA) is 92.3 Å². The van der Waals surface area contributed by atoms with Gasteiger partial charge in [0.15, 0.2) is 0 Å². The predicted octanol–water partition coefficient (Wildman–Crippen LogP) is 3.76. The normalized spacial score (nSPS) is 21.3. The molecule has 0 radical (unpaired) electrons. The molecule has 2 aliphatic rings. The summed E-state index contributed by atoms with van der Waals surface area (Å²) in [5.74, 6) is 0.467. The van der Waals surface area contributed by atoms with Crippen LogP contribution in [0.4, 0.5) is 29.6 Å². The van der Waals surface area contributed by atoms with E-state index in [2.05, 4.69) is 25.6 Å². The van der Waals surface area contributed by atoms with Gasteiger partial charge in [0, 0.05) is 25.7 Å². The van der Waals surface area contributed by atoms with Gasteiger partial charge in [-0.1, -0.05) is 13.3 Å². The van der Waals surface area contributed by atoms with Crippen molar-refractivity contribution in [2.75, 3.05) is 29.9 Å². The van der Waals surface area contributed by atoms with Gasteiger partial charge in [0.1, 0.15) is 29.8 Å². The van der Waals surface area contributed by atoms with Crippen LogP contribution in [0.2, 0.25) is 0 Å². The van der Waals surface area contributed by atoms with Crippen molar-refractivity contribution in [3.63, 3.8) is 0 Å². The first-order valence-electron chi connectivity index (χ1n) is 10.2. The number of carbonyl (C=O) groups excluding carboxylic acids is 1. The lowest BCUT2D eigenvalue weighted by atomic mass is 9.99. The number of carbonyl (C=O) groups is 1. The highest BCUT2D eigenvalue weighted by atomic mass is 19.4. The van der Waals surface area contributed by atoms with Gasteiger partial charge in [0.05, 0.1) is 16.8 Å². The number of aromatic nitrogens is 3. The van der Waals surface area contributed by atoms with E-state index in [1.54, 1.807) is 0 Å². The van der Waals surface area contributed by atoms with Crippen LogP contribution in [0.3, 0.4) is 0 Å². The fourth-order valence-corrected chi connectivity index (χ4v) is 3.89. The molecule has 0 bridgehead atoms. The standard InChI is InChI=1S/C20H23F3N6O2/c1-3-4-14-16-17(25-10-26-18(16)28-19(30)31-14)13-7-12(20(21,22)23)8-15(27-13)29-6-5-24-11(2)9-29/h7-8,10-11,14,24H,3-6,9H2,1-2H3,(H,25,26,28,30)/t11-,14+/m0/s1. The smallest absolute Gasteiger partial charge is 0.416 e. The van der Waals surface area contributed by atoms with Gasteiger partial charge in [-0.2, -0.15) is 13.2 Å². The molecule has 0 spiro atoms. The molecule has 0 unspecified atom stereocenters. The molecule has 31 heavy (non-hydrogen) atoms. The summed E-state index contributed by atoms with van der Waals surface area (Å²) in [4.78, 5) is 26.6. The number of piperazine rings is 1. The summed E-state index contributed by atoms with van der Waals surface area (Å²) in [5, 5.41) is 5.77. The summed E-state index contributed by atoms with van der Waals surface area (Å²) < 4.78 is 46.5. The van der Waals surface area contributed by atoms with Gasteiger partial charge in [0.25, 0.3) is 0 Å². The molecule has 1 amide bonds. The van der Waals surface area contributed by atoms with Crippen molar-refractivity contribution in [2.24, 2.45) is 0 Å². The molecule has 1 saturated heterocycles. The van der Waals surface area contributed by atoms with Gasteiger partial charge in [0.2, 0.25) is 0 Å².